The van der Waals surface area contributed by atoms with E-state index >= 15 is 0 Å². The molecule has 90 heavy (non-hydrogen) atoms. The highest BCUT2D eigenvalue weighted by atomic mass is 16.6. The van der Waals surface area contributed by atoms with Crippen molar-refractivity contribution in [2.75, 3.05) is 116 Å². The topological polar surface area (TPSA) is 174 Å². The molecule has 16 heteroatoms. The van der Waals surface area contributed by atoms with Crippen LogP contribution in [0.2, 0.25) is 0 Å². The lowest BCUT2D eigenvalue weighted by Crippen LogP contribution is -2.15. The van der Waals surface area contributed by atoms with E-state index in [1.54, 1.807) is 0 Å². The predicted octanol–water partition coefficient (Wildman–Crippen LogP) is 14.9. The molecule has 0 saturated heterocycles. The van der Waals surface area contributed by atoms with Crippen molar-refractivity contribution in [3.05, 3.63) is 153 Å². The molecular weight excluding hydrogens is 1130 g/mol. The van der Waals surface area contributed by atoms with Gasteiger partial charge in [0.1, 0.15) is 49.4 Å². The number of H-pyrrole nitrogens is 2. The van der Waals surface area contributed by atoms with E-state index in [0.717, 1.165) is 126 Å². The first kappa shape index (κ1) is 63.6. The maximum atomic E-state index is 6.38. The number of aromatic amines is 2. The highest BCUT2D eigenvalue weighted by Gasteiger charge is 2.28. The molecule has 4 N–H and O–H groups in total. The van der Waals surface area contributed by atoms with Crippen LogP contribution in [-0.4, -0.2) is 126 Å². The summed E-state index contributed by atoms with van der Waals surface area (Å²) < 4.78 is 61.0. The van der Waals surface area contributed by atoms with Gasteiger partial charge < -0.3 is 68.0 Å². The van der Waals surface area contributed by atoms with Gasteiger partial charge in [-0.25, -0.2) is 9.97 Å². The molecule has 0 spiro atoms. The van der Waals surface area contributed by atoms with Gasteiger partial charge in [-0.1, -0.05) is 64.1 Å². The van der Waals surface area contributed by atoms with Gasteiger partial charge in [-0.3, -0.25) is 0 Å². The van der Waals surface area contributed by atoms with Crippen LogP contribution in [0.5, 0.6) is 23.0 Å². The van der Waals surface area contributed by atoms with Crippen molar-refractivity contribution < 1.29 is 47.4 Å². The van der Waals surface area contributed by atoms with Gasteiger partial charge in [0, 0.05) is 69.9 Å². The first-order chi connectivity index (χ1) is 44.1. The highest BCUT2D eigenvalue weighted by molar-refractivity contribution is 6.05. The molecule has 14 rings (SSSR count). The van der Waals surface area contributed by atoms with Crippen molar-refractivity contribution in [3.8, 4) is 45.3 Å². The summed E-state index contributed by atoms with van der Waals surface area (Å²) in [4.78, 5) is 19.7. The Kier molecular flexibility index (Phi) is 21.7. The molecule has 16 nitrogen and oxygen atoms in total. The van der Waals surface area contributed by atoms with E-state index in [2.05, 4.69) is 161 Å². The lowest BCUT2D eigenvalue weighted by molar-refractivity contribution is 0.00433. The van der Waals surface area contributed by atoms with E-state index in [9.17, 15) is 0 Å². The van der Waals surface area contributed by atoms with Gasteiger partial charge in [-0.05, 0) is 158 Å². The van der Waals surface area contributed by atoms with E-state index in [0.29, 0.717) is 142 Å². The molecule has 7 aromatic rings. The van der Waals surface area contributed by atoms with Crippen molar-refractivity contribution in [2.45, 2.75) is 94.2 Å². The molecule has 0 amide bonds. The summed E-state index contributed by atoms with van der Waals surface area (Å²) in [7, 11) is 0. The molecular formula is C74H88N6O10. The molecule has 3 aromatic heterocycles. The Morgan fingerprint density at radius 3 is 1.06 bits per heavy atom. The quantitative estimate of drug-likeness (QED) is 0.131. The summed E-state index contributed by atoms with van der Waals surface area (Å²) in [6.45, 7) is 25.1. The lowest BCUT2D eigenvalue weighted by Gasteiger charge is -2.17. The third-order valence-corrected chi connectivity index (χ3v) is 17.2. The number of ether oxygens (including phenoxy) is 10. The van der Waals surface area contributed by atoms with Crippen LogP contribution >= 0.6 is 0 Å². The number of nitrogens with zero attached hydrogens (tertiary/aromatic N) is 2. The van der Waals surface area contributed by atoms with Crippen molar-refractivity contribution in [2.24, 2.45) is 0 Å². The number of aryl methyl sites for hydroxylation is 4. The van der Waals surface area contributed by atoms with Crippen molar-refractivity contribution in [3.63, 3.8) is 0 Å². The Labute approximate surface area is 529 Å². The zero-order valence-corrected chi connectivity index (χ0v) is 53.8. The third kappa shape index (κ3) is 14.8. The van der Waals surface area contributed by atoms with Crippen LogP contribution in [0, 0.1) is 13.8 Å². The van der Waals surface area contributed by atoms with Gasteiger partial charge >= 0.3 is 0 Å². The number of anilines is 2. The first-order valence-electron chi connectivity index (χ1n) is 32.3. The molecule has 474 valence electrons. The number of rotatable bonds is 4. The normalized spacial score (nSPS) is 16.4. The number of benzene rings is 4. The smallest absolute Gasteiger partial charge is 0.123 e. The molecule has 7 aliphatic rings. The van der Waals surface area contributed by atoms with Crippen LogP contribution in [0.25, 0.3) is 66.6 Å². The Morgan fingerprint density at radius 2 is 0.711 bits per heavy atom. The minimum absolute atomic E-state index is 0.334. The number of hydrogen-bond acceptors (Lipinski definition) is 14. The lowest BCUT2D eigenvalue weighted by atomic mass is 9.92. The minimum Gasteiger partial charge on any atom is -0.491 e. The van der Waals surface area contributed by atoms with Gasteiger partial charge in [0.2, 0.25) is 0 Å². The summed E-state index contributed by atoms with van der Waals surface area (Å²) in [6.07, 6.45) is 3.19. The van der Waals surface area contributed by atoms with Crippen LogP contribution < -0.4 is 29.6 Å². The van der Waals surface area contributed by atoms with Crippen LogP contribution in [0.15, 0.2) is 97.1 Å². The Bertz CT molecular complexity index is 3710. The fourth-order valence-electron chi connectivity index (χ4n) is 12.7. The maximum absolute atomic E-state index is 6.38. The SMILES string of the molecule is CCC1=C(C)c2nc1cc1[nH]c(c(C)c1CC)c1c3[nH]c(cc4nc(c2-c2ccccc2NCc2cc5cc(c2)OCCOCCOCCOCCOc2cc(cc(c2)OCCOCCOCCOCCO5)CNc2ccccc2-1)C(C)=C4CC)c(CC)c3C. The molecule has 0 aliphatic carbocycles. The van der Waals surface area contributed by atoms with Crippen molar-refractivity contribution in [1.29, 1.82) is 0 Å². The van der Waals surface area contributed by atoms with Gasteiger partial charge in [0.15, 0.2) is 0 Å². The number of para-hydroxylation sites is 2. The molecule has 16 bridgehead atoms. The summed E-state index contributed by atoms with van der Waals surface area (Å²) in [6, 6.07) is 33.9. The summed E-state index contributed by atoms with van der Waals surface area (Å²) >= 11 is 0. The van der Waals surface area contributed by atoms with Crippen molar-refractivity contribution in [1.82, 2.24) is 19.9 Å². The Balaban J connectivity index is 1.13. The molecule has 4 aromatic carbocycles. The second-order valence-corrected chi connectivity index (χ2v) is 22.9. The highest BCUT2D eigenvalue weighted by Crippen LogP contribution is 2.47. The van der Waals surface area contributed by atoms with Gasteiger partial charge in [0.05, 0.1) is 113 Å². The van der Waals surface area contributed by atoms with Gasteiger partial charge in [-0.2, -0.15) is 0 Å². The van der Waals surface area contributed by atoms with Gasteiger partial charge in [-0.15, -0.1) is 0 Å². The summed E-state index contributed by atoms with van der Waals surface area (Å²) in [5.74, 6) is 2.67. The van der Waals surface area contributed by atoms with Crippen LogP contribution in [-0.2, 0) is 54.4 Å². The van der Waals surface area contributed by atoms with E-state index < -0.39 is 0 Å². The summed E-state index contributed by atoms with van der Waals surface area (Å²) in [5, 5.41) is 7.78. The van der Waals surface area contributed by atoms with Crippen LogP contribution in [0.3, 0.4) is 0 Å². The molecule has 0 unspecified atom stereocenters. The second-order valence-electron chi connectivity index (χ2n) is 22.9. The number of allylic oxidation sites excluding steroid dienone is 4. The molecule has 0 atom stereocenters. The molecule has 0 saturated carbocycles. The van der Waals surface area contributed by atoms with E-state index in [1.807, 2.05) is 12.1 Å². The van der Waals surface area contributed by atoms with Gasteiger partial charge in [0.25, 0.3) is 0 Å². The Morgan fingerprint density at radius 1 is 0.378 bits per heavy atom. The molecule has 10 heterocycles. The number of aromatic nitrogens is 4. The minimum atomic E-state index is 0.334. The first-order valence-corrected chi connectivity index (χ1v) is 32.3. The second kappa shape index (κ2) is 30.7. The molecule has 7 aliphatic heterocycles. The number of nitrogens with one attached hydrogen (secondary N) is 4. The fourth-order valence-corrected chi connectivity index (χ4v) is 12.7. The summed E-state index contributed by atoms with van der Waals surface area (Å²) in [5.41, 5.74) is 25.3. The zero-order valence-electron chi connectivity index (χ0n) is 53.8. The number of hydrogen-bond donors (Lipinski definition) is 4. The van der Waals surface area contributed by atoms with E-state index in [1.165, 1.54) is 33.4 Å². The van der Waals surface area contributed by atoms with Crippen molar-refractivity contribution >= 4 is 55.7 Å². The largest absolute Gasteiger partial charge is 0.491 e. The van der Waals surface area contributed by atoms with E-state index in [4.69, 9.17) is 57.3 Å². The maximum Gasteiger partial charge on any atom is 0.123 e. The third-order valence-electron chi connectivity index (χ3n) is 17.2. The van der Waals surface area contributed by atoms with Crippen LogP contribution in [0.4, 0.5) is 11.4 Å². The molecule has 0 fully saturated rings. The average Bonchev–Trinajstić information content (AvgIpc) is 1.61. The standard InChI is InChI=1S/C74H88N6O10/c1-9-57-47(5)71-69-61-17-13-15-19-63(61)75-45-51-37-53-41-54(38-51)88-34-30-84-26-22-82-24-28-86-32-36-90-56-40-52(39-55(42-56)89-35-31-85-27-23-81-21-25-83-29-33-87-53)46-76-64-20-16-14-18-62(64)70(73-48(6)58(10-2)66(78-73)43-65(57)77-71)74-50(8)60(12-4)68(80-74)44-67-59(11-3)49(7)72(69)79-67/h13-20,37-44,75-77,79H,9-12,21-36,45-46H2,1-8H3. The van der Waals surface area contributed by atoms with E-state index in [-0.39, 0.29) is 0 Å². The fraction of sp³-hybridized carbons (Fsp3) is 0.405. The molecule has 0 radical (unpaired) electrons. The average molecular weight is 1220 g/mol. The Hall–Kier alpha value is -7.96. The predicted molar refractivity (Wildman–Crippen MR) is 360 cm³/mol. The zero-order chi connectivity index (χ0) is 62.3. The van der Waals surface area contributed by atoms with Crippen LogP contribution in [0.1, 0.15) is 111 Å². The monoisotopic (exact) mass is 1220 g/mol.